The molecular formula is C16H20N4O4. The molecule has 1 amide bonds. The van der Waals surface area contributed by atoms with Crippen LogP contribution in [0.4, 0.5) is 11.5 Å². The first-order chi connectivity index (χ1) is 11.7. The molecule has 1 aromatic heterocycles. The van der Waals surface area contributed by atoms with Crippen LogP contribution in [0.2, 0.25) is 0 Å². The first-order valence-electron chi connectivity index (χ1n) is 7.26. The van der Waals surface area contributed by atoms with Crippen molar-refractivity contribution in [1.82, 2.24) is 15.3 Å². The Kier molecular flexibility index (Phi) is 6.32. The van der Waals surface area contributed by atoms with Crippen LogP contribution in [0.5, 0.6) is 11.5 Å². The summed E-state index contributed by atoms with van der Waals surface area (Å²) in [5, 5.41) is 5.81. The molecule has 0 bridgehead atoms. The molecule has 24 heavy (non-hydrogen) atoms. The zero-order valence-electron chi connectivity index (χ0n) is 13.8. The van der Waals surface area contributed by atoms with Crippen LogP contribution in [0.3, 0.4) is 0 Å². The molecule has 0 aliphatic heterocycles. The summed E-state index contributed by atoms with van der Waals surface area (Å²) in [6, 6.07) is 6.91. The summed E-state index contributed by atoms with van der Waals surface area (Å²) in [6.45, 7) is 0.847. The van der Waals surface area contributed by atoms with Crippen molar-refractivity contribution in [1.29, 1.82) is 0 Å². The van der Waals surface area contributed by atoms with Gasteiger partial charge in [0.05, 0.1) is 26.5 Å². The highest BCUT2D eigenvalue weighted by Gasteiger charge is 2.10. The van der Waals surface area contributed by atoms with Crippen molar-refractivity contribution in [2.24, 2.45) is 0 Å². The fourth-order valence-electron chi connectivity index (χ4n) is 1.95. The number of ether oxygens (including phenoxy) is 3. The Hall–Kier alpha value is -2.87. The average molecular weight is 332 g/mol. The second-order valence-corrected chi connectivity index (χ2v) is 4.73. The highest BCUT2D eigenvalue weighted by molar-refractivity contribution is 5.93. The smallest absolute Gasteiger partial charge is 0.270 e. The van der Waals surface area contributed by atoms with Gasteiger partial charge in [0, 0.05) is 25.8 Å². The number of nitrogens with zero attached hydrogens (tertiary/aromatic N) is 2. The minimum absolute atomic E-state index is 0.260. The summed E-state index contributed by atoms with van der Waals surface area (Å²) >= 11 is 0. The van der Waals surface area contributed by atoms with Gasteiger partial charge in [-0.25, -0.2) is 9.97 Å². The third-order valence-electron chi connectivity index (χ3n) is 3.16. The number of hydrogen-bond donors (Lipinski definition) is 2. The van der Waals surface area contributed by atoms with E-state index in [0.29, 0.717) is 36.2 Å². The lowest BCUT2D eigenvalue weighted by molar-refractivity contribution is 0.0932. The van der Waals surface area contributed by atoms with Crippen LogP contribution < -0.4 is 20.1 Å². The van der Waals surface area contributed by atoms with Crippen molar-refractivity contribution >= 4 is 17.4 Å². The summed E-state index contributed by atoms with van der Waals surface area (Å²) in [6.07, 6.45) is 1.32. The predicted molar refractivity (Wildman–Crippen MR) is 89.1 cm³/mol. The molecule has 1 heterocycles. The van der Waals surface area contributed by atoms with Gasteiger partial charge in [-0.2, -0.15) is 0 Å². The molecule has 0 fully saturated rings. The molecule has 2 aromatic rings. The summed E-state index contributed by atoms with van der Waals surface area (Å²) in [4.78, 5) is 20.1. The fourth-order valence-corrected chi connectivity index (χ4v) is 1.95. The van der Waals surface area contributed by atoms with E-state index < -0.39 is 0 Å². The van der Waals surface area contributed by atoms with Crippen molar-refractivity contribution in [3.63, 3.8) is 0 Å². The van der Waals surface area contributed by atoms with Crippen LogP contribution >= 0.6 is 0 Å². The maximum Gasteiger partial charge on any atom is 0.270 e. The molecule has 0 aliphatic carbocycles. The zero-order chi connectivity index (χ0) is 17.4. The van der Waals surface area contributed by atoms with Gasteiger partial charge < -0.3 is 24.8 Å². The number of aromatic nitrogens is 2. The Balaban J connectivity index is 2.13. The van der Waals surface area contributed by atoms with E-state index in [1.54, 1.807) is 45.6 Å². The maximum absolute atomic E-state index is 12.0. The Morgan fingerprint density at radius 1 is 1.12 bits per heavy atom. The van der Waals surface area contributed by atoms with E-state index in [9.17, 15) is 4.79 Å². The van der Waals surface area contributed by atoms with Gasteiger partial charge in [0.15, 0.2) is 0 Å². The van der Waals surface area contributed by atoms with Gasteiger partial charge in [-0.15, -0.1) is 0 Å². The largest absolute Gasteiger partial charge is 0.497 e. The van der Waals surface area contributed by atoms with Crippen molar-refractivity contribution < 1.29 is 19.0 Å². The normalized spacial score (nSPS) is 10.1. The summed E-state index contributed by atoms with van der Waals surface area (Å²) in [5.41, 5.74) is 0.957. The Bertz CT molecular complexity index is 694. The average Bonchev–Trinajstić information content (AvgIpc) is 2.62. The maximum atomic E-state index is 12.0. The number of rotatable bonds is 8. The fraction of sp³-hybridized carbons (Fsp3) is 0.312. The van der Waals surface area contributed by atoms with E-state index in [0.717, 1.165) is 0 Å². The molecule has 0 atom stereocenters. The molecule has 0 radical (unpaired) electrons. The monoisotopic (exact) mass is 332 g/mol. The van der Waals surface area contributed by atoms with E-state index in [2.05, 4.69) is 20.6 Å². The van der Waals surface area contributed by atoms with Crippen LogP contribution in [-0.4, -0.2) is 50.4 Å². The Morgan fingerprint density at radius 2 is 1.96 bits per heavy atom. The van der Waals surface area contributed by atoms with Crippen molar-refractivity contribution in [2.75, 3.05) is 39.8 Å². The van der Waals surface area contributed by atoms with Gasteiger partial charge in [-0.05, 0) is 12.1 Å². The summed E-state index contributed by atoms with van der Waals surface area (Å²) in [5.74, 6) is 1.46. The SMILES string of the molecule is COCCNC(=O)c1cc(Nc2ccc(OC)cc2OC)ncn1. The lowest BCUT2D eigenvalue weighted by Gasteiger charge is -2.12. The van der Waals surface area contributed by atoms with Crippen molar-refractivity contribution in [2.45, 2.75) is 0 Å². The Labute approximate surface area is 140 Å². The van der Waals surface area contributed by atoms with Crippen LogP contribution in [0.25, 0.3) is 0 Å². The third kappa shape index (κ3) is 4.56. The molecule has 0 saturated carbocycles. The van der Waals surface area contributed by atoms with Gasteiger partial charge in [0.1, 0.15) is 29.3 Å². The highest BCUT2D eigenvalue weighted by Crippen LogP contribution is 2.30. The number of amides is 1. The standard InChI is InChI=1S/C16H20N4O4/c1-22-7-6-17-16(21)13-9-15(19-10-18-13)20-12-5-4-11(23-2)8-14(12)24-3/h4-5,8-10H,6-7H2,1-3H3,(H,17,21)(H,18,19,20). The van der Waals surface area contributed by atoms with E-state index >= 15 is 0 Å². The second kappa shape index (κ2) is 8.68. The summed E-state index contributed by atoms with van der Waals surface area (Å²) in [7, 11) is 4.72. The number of anilines is 2. The van der Waals surface area contributed by atoms with Crippen molar-refractivity contribution in [3.05, 3.63) is 36.3 Å². The molecule has 0 unspecified atom stereocenters. The minimum Gasteiger partial charge on any atom is -0.497 e. The molecule has 0 aliphatic rings. The number of hydrogen-bond acceptors (Lipinski definition) is 7. The van der Waals surface area contributed by atoms with Crippen LogP contribution in [0.1, 0.15) is 10.5 Å². The van der Waals surface area contributed by atoms with E-state index in [-0.39, 0.29) is 11.6 Å². The molecule has 0 saturated heterocycles. The first kappa shape index (κ1) is 17.5. The third-order valence-corrected chi connectivity index (χ3v) is 3.16. The minimum atomic E-state index is -0.292. The molecular weight excluding hydrogens is 312 g/mol. The summed E-state index contributed by atoms with van der Waals surface area (Å²) < 4.78 is 15.4. The molecule has 1 aromatic carbocycles. The van der Waals surface area contributed by atoms with Crippen LogP contribution in [-0.2, 0) is 4.74 Å². The van der Waals surface area contributed by atoms with Gasteiger partial charge in [-0.3, -0.25) is 4.79 Å². The number of methoxy groups -OCH3 is 3. The molecule has 8 heteroatoms. The van der Waals surface area contributed by atoms with Gasteiger partial charge >= 0.3 is 0 Å². The lowest BCUT2D eigenvalue weighted by atomic mass is 10.2. The highest BCUT2D eigenvalue weighted by atomic mass is 16.5. The molecule has 2 rings (SSSR count). The number of nitrogens with one attached hydrogen (secondary N) is 2. The van der Waals surface area contributed by atoms with E-state index in [1.165, 1.54) is 6.33 Å². The predicted octanol–water partition coefficient (Wildman–Crippen LogP) is 1.61. The zero-order valence-corrected chi connectivity index (χ0v) is 13.8. The lowest BCUT2D eigenvalue weighted by Crippen LogP contribution is -2.27. The number of benzene rings is 1. The van der Waals surface area contributed by atoms with Gasteiger partial charge in [0.2, 0.25) is 0 Å². The van der Waals surface area contributed by atoms with Crippen LogP contribution in [0, 0.1) is 0 Å². The molecule has 128 valence electrons. The Morgan fingerprint density at radius 3 is 2.67 bits per heavy atom. The quantitative estimate of drug-likeness (QED) is 0.709. The van der Waals surface area contributed by atoms with E-state index in [4.69, 9.17) is 14.2 Å². The van der Waals surface area contributed by atoms with Gasteiger partial charge in [-0.1, -0.05) is 0 Å². The first-order valence-corrected chi connectivity index (χ1v) is 7.26. The van der Waals surface area contributed by atoms with Gasteiger partial charge in [0.25, 0.3) is 5.91 Å². The number of carbonyl (C=O) groups is 1. The number of carbonyl (C=O) groups excluding carboxylic acids is 1. The molecule has 8 nitrogen and oxygen atoms in total. The molecule has 2 N–H and O–H groups in total. The topological polar surface area (TPSA) is 94.6 Å². The second-order valence-electron chi connectivity index (χ2n) is 4.73. The van der Waals surface area contributed by atoms with Crippen LogP contribution in [0.15, 0.2) is 30.6 Å². The molecule has 0 spiro atoms. The van der Waals surface area contributed by atoms with E-state index in [1.807, 2.05) is 0 Å². The van der Waals surface area contributed by atoms with Crippen molar-refractivity contribution in [3.8, 4) is 11.5 Å².